The molecule has 0 radical (unpaired) electrons. The summed E-state index contributed by atoms with van der Waals surface area (Å²) >= 11 is 0. The van der Waals surface area contributed by atoms with Crippen LogP contribution in [0.2, 0.25) is 0 Å². The van der Waals surface area contributed by atoms with Crippen molar-refractivity contribution in [3.63, 3.8) is 0 Å². The van der Waals surface area contributed by atoms with Crippen LogP contribution in [0.15, 0.2) is 0 Å². The van der Waals surface area contributed by atoms with E-state index in [-0.39, 0.29) is 6.61 Å². The van der Waals surface area contributed by atoms with Crippen molar-refractivity contribution in [1.82, 2.24) is 0 Å². The summed E-state index contributed by atoms with van der Waals surface area (Å²) in [6.07, 6.45) is -2.04. The molecule has 0 saturated carbocycles. The predicted octanol–water partition coefficient (Wildman–Crippen LogP) is -0.551. The minimum Gasteiger partial charge on any atom is -0.366 e. The first kappa shape index (κ1) is 7.94. The van der Waals surface area contributed by atoms with Gasteiger partial charge in [0.25, 0.3) is 0 Å². The Labute approximate surface area is 59.4 Å². The number of hydrogen-bond donors (Lipinski definition) is 2. The van der Waals surface area contributed by atoms with E-state index in [0.29, 0.717) is 0 Å². The number of aliphatic hydroxyl groups excluding tert-OH is 1. The summed E-state index contributed by atoms with van der Waals surface area (Å²) in [6.45, 7) is 3.70. The first-order valence-corrected chi connectivity index (χ1v) is 3.19. The molecule has 4 heteroatoms. The molecule has 0 aromatic carbocycles. The molecule has 1 fully saturated rings. The van der Waals surface area contributed by atoms with Gasteiger partial charge in [0.2, 0.25) is 0 Å². The second-order valence-corrected chi connectivity index (χ2v) is 2.78. The molecule has 0 aliphatic carbocycles. The fraction of sp³-hybridized carbons (Fsp3) is 1.00. The van der Waals surface area contributed by atoms with Crippen molar-refractivity contribution in [2.24, 2.45) is 0 Å². The molecule has 1 rings (SSSR count). The lowest BCUT2D eigenvalue weighted by molar-refractivity contribution is -0.183. The molecule has 1 saturated heterocycles. The third kappa shape index (κ3) is 1.67. The molecule has 0 amide bonds. The maximum absolute atomic E-state index is 8.63. The third-order valence-electron chi connectivity index (χ3n) is 1.36. The maximum atomic E-state index is 8.63. The monoisotopic (exact) mass is 148 g/mol. The Morgan fingerprint density at radius 2 is 2.10 bits per heavy atom. The van der Waals surface area contributed by atoms with Gasteiger partial charge in [-0.05, 0) is 13.8 Å². The van der Waals surface area contributed by atoms with Crippen LogP contribution >= 0.6 is 0 Å². The Morgan fingerprint density at radius 1 is 1.50 bits per heavy atom. The molecule has 1 aliphatic heterocycles. The van der Waals surface area contributed by atoms with Crippen molar-refractivity contribution in [2.75, 3.05) is 6.61 Å². The number of rotatable bonds is 1. The minimum atomic E-state index is -1.44. The zero-order chi connectivity index (χ0) is 7.78. The second-order valence-electron chi connectivity index (χ2n) is 2.78. The zero-order valence-electron chi connectivity index (χ0n) is 6.07. The van der Waals surface area contributed by atoms with Gasteiger partial charge in [0.05, 0.1) is 6.61 Å². The Bertz CT molecular complexity index is 121. The molecule has 1 heterocycles. The van der Waals surface area contributed by atoms with Gasteiger partial charge in [0.15, 0.2) is 12.1 Å². The van der Waals surface area contributed by atoms with E-state index >= 15 is 0 Å². The van der Waals surface area contributed by atoms with Crippen LogP contribution in [0.5, 0.6) is 0 Å². The highest BCUT2D eigenvalue weighted by molar-refractivity contribution is 4.71. The minimum absolute atomic E-state index is 0.241. The van der Waals surface area contributed by atoms with Crippen molar-refractivity contribution >= 4 is 0 Å². The lowest BCUT2D eigenvalue weighted by atomic mass is 10.4. The summed E-state index contributed by atoms with van der Waals surface area (Å²) in [5, 5.41) is 17.3. The van der Waals surface area contributed by atoms with Gasteiger partial charge >= 0.3 is 0 Å². The number of ether oxygens (including phenoxy) is 2. The van der Waals surface area contributed by atoms with Crippen LogP contribution in [0.1, 0.15) is 13.8 Å². The van der Waals surface area contributed by atoms with Crippen LogP contribution in [0.4, 0.5) is 0 Å². The Kier molecular flexibility index (Phi) is 1.96. The quantitative estimate of drug-likeness (QED) is 0.490. The highest BCUT2D eigenvalue weighted by Gasteiger charge is 2.35. The summed E-state index contributed by atoms with van der Waals surface area (Å²) < 4.78 is 10.2. The van der Waals surface area contributed by atoms with Gasteiger partial charge in [-0.3, -0.25) is 0 Å². The Morgan fingerprint density at radius 3 is 2.30 bits per heavy atom. The average Bonchev–Trinajstić information content (AvgIpc) is 2.10. The highest BCUT2D eigenvalue weighted by Crippen LogP contribution is 2.23. The molecule has 4 nitrogen and oxygen atoms in total. The van der Waals surface area contributed by atoms with E-state index in [1.807, 2.05) is 0 Å². The van der Waals surface area contributed by atoms with E-state index < -0.39 is 18.2 Å². The maximum Gasteiger partial charge on any atom is 0.180 e. The molecular formula is C6H12O4. The first-order chi connectivity index (χ1) is 4.51. The van der Waals surface area contributed by atoms with E-state index in [0.717, 1.165) is 0 Å². The van der Waals surface area contributed by atoms with E-state index in [1.54, 1.807) is 13.8 Å². The first-order valence-electron chi connectivity index (χ1n) is 3.19. The van der Waals surface area contributed by atoms with Crippen molar-refractivity contribution in [3.8, 4) is 0 Å². The van der Waals surface area contributed by atoms with Gasteiger partial charge in [0.1, 0.15) is 6.10 Å². The summed E-state index contributed by atoms with van der Waals surface area (Å²) in [7, 11) is 0. The fourth-order valence-corrected chi connectivity index (χ4v) is 0.862. The molecule has 0 bridgehead atoms. The molecule has 0 spiro atoms. The van der Waals surface area contributed by atoms with Crippen LogP contribution in [-0.2, 0) is 9.47 Å². The van der Waals surface area contributed by atoms with E-state index in [9.17, 15) is 0 Å². The van der Waals surface area contributed by atoms with Gasteiger partial charge in [-0.2, -0.15) is 0 Å². The molecular weight excluding hydrogens is 136 g/mol. The molecule has 2 N–H and O–H groups in total. The normalized spacial score (nSPS) is 31.5. The summed E-state index contributed by atoms with van der Waals surface area (Å²) in [6, 6.07) is 0. The summed E-state index contributed by atoms with van der Waals surface area (Å²) in [5.74, 6) is -0.672. The molecule has 0 aromatic rings. The van der Waals surface area contributed by atoms with Crippen molar-refractivity contribution in [1.29, 1.82) is 0 Å². The highest BCUT2D eigenvalue weighted by atomic mass is 16.8. The third-order valence-corrected chi connectivity index (χ3v) is 1.36. The Balaban J connectivity index is 2.43. The smallest absolute Gasteiger partial charge is 0.180 e. The standard InChI is InChI=1S/C6H12O4/c1-6(2)9-3-4(10-6)5(7)8/h4-5,7-8H,3H2,1-2H3. The predicted molar refractivity (Wildman–Crippen MR) is 33.1 cm³/mol. The molecule has 1 unspecified atom stereocenters. The Hall–Kier alpha value is -0.160. The molecule has 60 valence electrons. The average molecular weight is 148 g/mol. The lowest BCUT2D eigenvalue weighted by Gasteiger charge is -2.17. The largest absolute Gasteiger partial charge is 0.366 e. The zero-order valence-corrected chi connectivity index (χ0v) is 6.07. The van der Waals surface area contributed by atoms with Gasteiger partial charge in [0, 0.05) is 0 Å². The van der Waals surface area contributed by atoms with Gasteiger partial charge in [-0.25, -0.2) is 0 Å². The molecule has 0 aromatic heterocycles. The molecule has 1 atom stereocenters. The SMILES string of the molecule is CC1(C)OCC(C(O)O)O1. The van der Waals surface area contributed by atoms with Gasteiger partial charge < -0.3 is 19.7 Å². The summed E-state index contributed by atoms with van der Waals surface area (Å²) in [5.41, 5.74) is 0. The van der Waals surface area contributed by atoms with Crippen molar-refractivity contribution in [2.45, 2.75) is 32.0 Å². The van der Waals surface area contributed by atoms with Crippen LogP contribution in [0.25, 0.3) is 0 Å². The fourth-order valence-electron chi connectivity index (χ4n) is 0.862. The van der Waals surface area contributed by atoms with Crippen molar-refractivity contribution in [3.05, 3.63) is 0 Å². The molecule has 10 heavy (non-hydrogen) atoms. The lowest BCUT2D eigenvalue weighted by Crippen LogP contribution is -2.30. The number of hydrogen-bond acceptors (Lipinski definition) is 4. The topological polar surface area (TPSA) is 58.9 Å². The molecule has 1 aliphatic rings. The van der Waals surface area contributed by atoms with Gasteiger partial charge in [-0.15, -0.1) is 0 Å². The van der Waals surface area contributed by atoms with Crippen LogP contribution in [0.3, 0.4) is 0 Å². The number of aliphatic hydroxyl groups is 2. The summed E-state index contributed by atoms with van der Waals surface area (Å²) in [4.78, 5) is 0. The van der Waals surface area contributed by atoms with E-state index in [4.69, 9.17) is 19.7 Å². The van der Waals surface area contributed by atoms with Crippen LogP contribution < -0.4 is 0 Å². The van der Waals surface area contributed by atoms with Crippen LogP contribution in [0, 0.1) is 0 Å². The van der Waals surface area contributed by atoms with E-state index in [1.165, 1.54) is 0 Å². The van der Waals surface area contributed by atoms with Crippen LogP contribution in [-0.4, -0.2) is 35.0 Å². The van der Waals surface area contributed by atoms with Gasteiger partial charge in [-0.1, -0.05) is 0 Å². The van der Waals surface area contributed by atoms with E-state index in [2.05, 4.69) is 0 Å². The van der Waals surface area contributed by atoms with Crippen molar-refractivity contribution < 1.29 is 19.7 Å². The second kappa shape index (κ2) is 2.47.